The van der Waals surface area contributed by atoms with Crippen LogP contribution in [0, 0.1) is 11.7 Å². The van der Waals surface area contributed by atoms with Gasteiger partial charge in [-0.25, -0.2) is 9.18 Å². The Labute approximate surface area is 189 Å². The number of ether oxygens (including phenoxy) is 1. The summed E-state index contributed by atoms with van der Waals surface area (Å²) in [6.45, 7) is 3.39. The van der Waals surface area contributed by atoms with Crippen LogP contribution in [0.1, 0.15) is 28.7 Å². The van der Waals surface area contributed by atoms with Crippen LogP contribution in [-0.4, -0.2) is 64.2 Å². The van der Waals surface area contributed by atoms with Crippen LogP contribution < -0.4 is 5.32 Å². The molecular weight excluding hydrogens is 441 g/mol. The average molecular weight is 464 g/mol. The highest BCUT2D eigenvalue weighted by Crippen LogP contribution is 2.27. The third-order valence-electron chi connectivity index (χ3n) is 5.54. The number of aromatic nitrogens is 2. The summed E-state index contributed by atoms with van der Waals surface area (Å²) in [6.07, 6.45) is 0.395. The third kappa shape index (κ3) is 4.20. The number of anilines is 1. The summed E-state index contributed by atoms with van der Waals surface area (Å²) in [7, 11) is 1.86. The molecule has 0 bridgehead atoms. The number of fused-ring (bicyclic) bond motifs is 3. The maximum Gasteiger partial charge on any atom is 0.328 e. The molecule has 32 heavy (non-hydrogen) atoms. The van der Waals surface area contributed by atoms with Gasteiger partial charge in [-0.15, -0.1) is 0 Å². The number of esters is 1. The molecular formula is C21H23ClFN5O4. The largest absolute Gasteiger partial charge is 0.466 e. The first-order valence-corrected chi connectivity index (χ1v) is 10.7. The van der Waals surface area contributed by atoms with Gasteiger partial charge in [0.15, 0.2) is 0 Å². The van der Waals surface area contributed by atoms with E-state index in [-0.39, 0.29) is 23.2 Å². The summed E-state index contributed by atoms with van der Waals surface area (Å²) in [5.74, 6) is -1.76. The number of nitrogens with one attached hydrogen (secondary N) is 1. The highest BCUT2D eigenvalue weighted by atomic mass is 35.5. The highest BCUT2D eigenvalue weighted by Gasteiger charge is 2.37. The van der Waals surface area contributed by atoms with Crippen LogP contribution in [0.25, 0.3) is 0 Å². The first-order valence-electron chi connectivity index (χ1n) is 10.3. The number of carbonyl (C=O) groups excluding carboxylic acids is 3. The zero-order valence-electron chi connectivity index (χ0n) is 17.7. The Morgan fingerprint density at radius 1 is 1.34 bits per heavy atom. The molecule has 11 heteroatoms. The molecule has 0 spiro atoms. The van der Waals surface area contributed by atoms with Crippen LogP contribution in [0.4, 0.5) is 14.9 Å². The molecule has 4 rings (SSSR count). The van der Waals surface area contributed by atoms with Crippen LogP contribution >= 0.6 is 11.6 Å². The molecule has 3 heterocycles. The van der Waals surface area contributed by atoms with Crippen molar-refractivity contribution < 1.29 is 23.5 Å². The van der Waals surface area contributed by atoms with Crippen LogP contribution in [0.5, 0.6) is 0 Å². The molecule has 0 saturated carbocycles. The molecule has 0 radical (unpaired) electrons. The predicted molar refractivity (Wildman–Crippen MR) is 114 cm³/mol. The minimum atomic E-state index is -0.630. The molecule has 0 aliphatic carbocycles. The quantitative estimate of drug-likeness (QED) is 0.703. The Balaban J connectivity index is 1.57. The fraction of sp³-hybridized carbons (Fsp3) is 0.429. The number of nitrogens with zero attached hydrogens (tertiary/aromatic N) is 4. The predicted octanol–water partition coefficient (Wildman–Crippen LogP) is 2.53. The van der Waals surface area contributed by atoms with Crippen molar-refractivity contribution in [2.24, 2.45) is 5.92 Å². The number of benzene rings is 1. The maximum atomic E-state index is 13.4. The van der Waals surface area contributed by atoms with Crippen molar-refractivity contribution in [1.82, 2.24) is 19.6 Å². The van der Waals surface area contributed by atoms with E-state index in [1.54, 1.807) is 11.6 Å². The summed E-state index contributed by atoms with van der Waals surface area (Å²) >= 11 is 5.77. The molecule has 2 aliphatic heterocycles. The molecule has 170 valence electrons. The Hall–Kier alpha value is -2.98. The first kappa shape index (κ1) is 22.2. The van der Waals surface area contributed by atoms with E-state index in [9.17, 15) is 18.8 Å². The van der Waals surface area contributed by atoms with Crippen molar-refractivity contribution in [3.05, 3.63) is 46.0 Å². The minimum Gasteiger partial charge on any atom is -0.466 e. The molecule has 2 aliphatic rings. The van der Waals surface area contributed by atoms with Gasteiger partial charge in [0.2, 0.25) is 0 Å². The highest BCUT2D eigenvalue weighted by molar-refractivity contribution is 6.31. The topological polar surface area (TPSA) is 96.8 Å². The molecule has 3 amide bonds. The van der Waals surface area contributed by atoms with E-state index in [1.165, 1.54) is 12.1 Å². The van der Waals surface area contributed by atoms with Gasteiger partial charge < -0.3 is 10.1 Å². The van der Waals surface area contributed by atoms with Crippen molar-refractivity contribution in [2.75, 3.05) is 32.1 Å². The Kier molecular flexibility index (Phi) is 6.16. The summed E-state index contributed by atoms with van der Waals surface area (Å²) in [4.78, 5) is 41.4. The number of urea groups is 1. The number of halogens is 2. The maximum absolute atomic E-state index is 13.4. The molecule has 1 aromatic carbocycles. The fourth-order valence-corrected chi connectivity index (χ4v) is 4.25. The van der Waals surface area contributed by atoms with Gasteiger partial charge in [0.05, 0.1) is 41.0 Å². The molecule has 1 unspecified atom stereocenters. The summed E-state index contributed by atoms with van der Waals surface area (Å²) < 4.78 is 20.2. The van der Waals surface area contributed by atoms with E-state index in [0.717, 1.165) is 11.0 Å². The first-order chi connectivity index (χ1) is 15.3. The van der Waals surface area contributed by atoms with Crippen LogP contribution in [0.3, 0.4) is 0 Å². The lowest BCUT2D eigenvalue weighted by atomic mass is 10.0. The minimum absolute atomic E-state index is 0.129. The molecule has 1 atom stereocenters. The average Bonchev–Trinajstić information content (AvgIpc) is 2.99. The number of imide groups is 1. The van der Waals surface area contributed by atoms with Crippen molar-refractivity contribution >= 4 is 35.2 Å². The summed E-state index contributed by atoms with van der Waals surface area (Å²) in [5.41, 5.74) is 1.95. The number of rotatable bonds is 3. The lowest BCUT2D eigenvalue weighted by molar-refractivity contribution is -0.149. The van der Waals surface area contributed by atoms with Gasteiger partial charge in [0, 0.05) is 31.7 Å². The second kappa shape index (κ2) is 8.87. The molecule has 9 nitrogen and oxygen atoms in total. The lowest BCUT2D eigenvalue weighted by Gasteiger charge is -2.26. The van der Waals surface area contributed by atoms with E-state index in [2.05, 4.69) is 10.4 Å². The Morgan fingerprint density at radius 3 is 2.84 bits per heavy atom. The Bertz CT molecular complexity index is 1090. The van der Waals surface area contributed by atoms with Gasteiger partial charge in [-0.1, -0.05) is 11.6 Å². The van der Waals surface area contributed by atoms with Gasteiger partial charge in [-0.3, -0.25) is 24.1 Å². The van der Waals surface area contributed by atoms with E-state index >= 15 is 0 Å². The molecule has 1 N–H and O–H groups in total. The number of carbonyl (C=O) groups is 3. The van der Waals surface area contributed by atoms with Crippen LogP contribution in [-0.2, 0) is 29.0 Å². The zero-order valence-corrected chi connectivity index (χ0v) is 18.5. The second-order valence-electron chi connectivity index (χ2n) is 7.86. The molecule has 0 saturated heterocycles. The SMILES string of the molecule is CCOC(=O)C1CN(C)Cc2c3c(nn2C1)CCN(C(=O)Nc1ccc(F)c(Cl)c1)C3=O. The van der Waals surface area contributed by atoms with Gasteiger partial charge in [-0.2, -0.15) is 5.10 Å². The number of amides is 3. The number of hydrogen-bond acceptors (Lipinski definition) is 6. The van der Waals surface area contributed by atoms with Crippen molar-refractivity contribution in [3.8, 4) is 0 Å². The zero-order chi connectivity index (χ0) is 23.0. The monoisotopic (exact) mass is 463 g/mol. The van der Waals surface area contributed by atoms with E-state index < -0.39 is 23.7 Å². The molecule has 1 aromatic heterocycles. The van der Waals surface area contributed by atoms with E-state index in [0.29, 0.717) is 49.6 Å². The van der Waals surface area contributed by atoms with Gasteiger partial charge in [0.1, 0.15) is 5.82 Å². The smallest absolute Gasteiger partial charge is 0.328 e. The second-order valence-corrected chi connectivity index (χ2v) is 8.27. The van der Waals surface area contributed by atoms with Gasteiger partial charge in [-0.05, 0) is 32.2 Å². The summed E-state index contributed by atoms with van der Waals surface area (Å²) in [5, 5.41) is 7.03. The van der Waals surface area contributed by atoms with Gasteiger partial charge >= 0.3 is 12.0 Å². The van der Waals surface area contributed by atoms with Crippen LogP contribution in [0.15, 0.2) is 18.2 Å². The Morgan fingerprint density at radius 2 is 2.12 bits per heavy atom. The van der Waals surface area contributed by atoms with Crippen LogP contribution in [0.2, 0.25) is 5.02 Å². The van der Waals surface area contributed by atoms with E-state index in [1.807, 2.05) is 11.9 Å². The number of hydrogen-bond donors (Lipinski definition) is 1. The molecule has 2 aromatic rings. The summed E-state index contributed by atoms with van der Waals surface area (Å²) in [6, 6.07) is 3.16. The van der Waals surface area contributed by atoms with Gasteiger partial charge in [0.25, 0.3) is 5.91 Å². The van der Waals surface area contributed by atoms with E-state index in [4.69, 9.17) is 16.3 Å². The third-order valence-corrected chi connectivity index (χ3v) is 5.83. The lowest BCUT2D eigenvalue weighted by Crippen LogP contribution is -2.44. The van der Waals surface area contributed by atoms with Crippen molar-refractivity contribution in [2.45, 2.75) is 26.4 Å². The van der Waals surface area contributed by atoms with Crippen molar-refractivity contribution in [1.29, 1.82) is 0 Å². The molecule has 0 fully saturated rings. The van der Waals surface area contributed by atoms with Crippen molar-refractivity contribution in [3.63, 3.8) is 0 Å². The normalized spacial score (nSPS) is 18.6. The standard InChI is InChI=1S/C21H23ClFN5O4/c1-3-32-20(30)12-9-26(2)11-17-18-16(25-28(17)10-12)6-7-27(19(18)29)21(31)24-13-4-5-15(23)14(22)8-13/h4-5,8,12H,3,6-7,9-11H2,1-2H3,(H,24,31). The fourth-order valence-electron chi connectivity index (χ4n) is 4.07.